The third-order valence-corrected chi connectivity index (χ3v) is 4.74. The number of piperazine rings is 1. The van der Waals surface area contributed by atoms with Gasteiger partial charge in [0.1, 0.15) is 0 Å². The highest BCUT2D eigenvalue weighted by molar-refractivity contribution is 5.86. The van der Waals surface area contributed by atoms with Gasteiger partial charge in [-0.25, -0.2) is 0 Å². The van der Waals surface area contributed by atoms with E-state index in [1.807, 2.05) is 23.6 Å². The summed E-state index contributed by atoms with van der Waals surface area (Å²) in [6.07, 6.45) is 3.98. The van der Waals surface area contributed by atoms with Crippen molar-refractivity contribution in [2.75, 3.05) is 45.8 Å². The summed E-state index contributed by atoms with van der Waals surface area (Å²) in [5.74, 6) is 0.207. The molecule has 2 N–H and O–H groups in total. The van der Waals surface area contributed by atoms with Gasteiger partial charge in [0.15, 0.2) is 0 Å². The Morgan fingerprint density at radius 2 is 1.55 bits per heavy atom. The van der Waals surface area contributed by atoms with Gasteiger partial charge in [0.05, 0.1) is 12.1 Å². The number of carbonyl (C=O) groups excluding carboxylic acids is 2. The van der Waals surface area contributed by atoms with Gasteiger partial charge in [-0.05, 0) is 39.3 Å². The summed E-state index contributed by atoms with van der Waals surface area (Å²) >= 11 is 0. The SMILES string of the molecule is CCCC(C)(N)C(=O)N1CCN(C(=O)CN2CCCC2)CC1. The fourth-order valence-corrected chi connectivity index (χ4v) is 3.38. The van der Waals surface area contributed by atoms with Crippen LogP contribution in [0.1, 0.15) is 39.5 Å². The van der Waals surface area contributed by atoms with Crippen LogP contribution >= 0.6 is 0 Å². The summed E-state index contributed by atoms with van der Waals surface area (Å²) in [6.45, 7) is 8.89. The highest BCUT2D eigenvalue weighted by Gasteiger charge is 2.34. The normalized spacial score (nSPS) is 22.7. The van der Waals surface area contributed by atoms with Crippen molar-refractivity contribution in [3.8, 4) is 0 Å². The topological polar surface area (TPSA) is 69.9 Å². The fraction of sp³-hybridized carbons (Fsp3) is 0.875. The third-order valence-electron chi connectivity index (χ3n) is 4.74. The Hall–Kier alpha value is -1.14. The van der Waals surface area contributed by atoms with Crippen molar-refractivity contribution in [1.82, 2.24) is 14.7 Å². The van der Waals surface area contributed by atoms with Crippen molar-refractivity contribution in [3.05, 3.63) is 0 Å². The minimum absolute atomic E-state index is 0.0148. The maximum Gasteiger partial charge on any atom is 0.242 e. The third kappa shape index (κ3) is 4.20. The molecule has 0 aromatic rings. The lowest BCUT2D eigenvalue weighted by atomic mass is 9.95. The second-order valence-corrected chi connectivity index (χ2v) is 6.82. The summed E-state index contributed by atoms with van der Waals surface area (Å²) in [5.41, 5.74) is 5.35. The molecule has 2 rings (SSSR count). The van der Waals surface area contributed by atoms with Gasteiger partial charge < -0.3 is 15.5 Å². The van der Waals surface area contributed by atoms with Crippen LogP contribution in [-0.4, -0.2) is 77.9 Å². The molecule has 2 fully saturated rings. The first kappa shape index (κ1) is 17.2. The molecule has 2 saturated heterocycles. The Morgan fingerprint density at radius 3 is 2.09 bits per heavy atom. The van der Waals surface area contributed by atoms with Crippen molar-refractivity contribution < 1.29 is 9.59 Å². The Balaban J connectivity index is 1.79. The van der Waals surface area contributed by atoms with E-state index in [9.17, 15) is 9.59 Å². The van der Waals surface area contributed by atoms with Crippen LogP contribution in [0.5, 0.6) is 0 Å². The van der Waals surface area contributed by atoms with E-state index in [1.165, 1.54) is 12.8 Å². The molecule has 2 aliphatic heterocycles. The van der Waals surface area contributed by atoms with Crippen molar-refractivity contribution in [2.24, 2.45) is 5.73 Å². The van der Waals surface area contributed by atoms with E-state index >= 15 is 0 Å². The molecule has 1 unspecified atom stereocenters. The molecule has 2 heterocycles. The number of carbonyl (C=O) groups is 2. The molecule has 0 aliphatic carbocycles. The zero-order chi connectivity index (χ0) is 16.2. The standard InChI is InChI=1S/C16H30N4O2/c1-3-6-16(2,17)15(22)20-11-9-19(10-12-20)14(21)13-18-7-4-5-8-18/h3-13,17H2,1-2H3. The highest BCUT2D eigenvalue weighted by Crippen LogP contribution is 2.15. The maximum absolute atomic E-state index is 12.5. The van der Waals surface area contributed by atoms with Crippen molar-refractivity contribution in [3.63, 3.8) is 0 Å². The second-order valence-electron chi connectivity index (χ2n) is 6.82. The van der Waals surface area contributed by atoms with Crippen molar-refractivity contribution in [2.45, 2.75) is 45.1 Å². The quantitative estimate of drug-likeness (QED) is 0.791. The monoisotopic (exact) mass is 310 g/mol. The molecule has 0 radical (unpaired) electrons. The average Bonchev–Trinajstić information content (AvgIpc) is 2.99. The smallest absolute Gasteiger partial charge is 0.242 e. The lowest BCUT2D eigenvalue weighted by Crippen LogP contribution is -2.59. The number of nitrogens with zero attached hydrogens (tertiary/aromatic N) is 3. The van der Waals surface area contributed by atoms with Gasteiger partial charge in [-0.1, -0.05) is 13.3 Å². The molecule has 0 spiro atoms. The Kier molecular flexibility index (Phi) is 5.81. The summed E-state index contributed by atoms with van der Waals surface area (Å²) in [7, 11) is 0. The second kappa shape index (κ2) is 7.42. The number of hydrogen-bond donors (Lipinski definition) is 1. The summed E-state index contributed by atoms with van der Waals surface area (Å²) in [4.78, 5) is 30.7. The van der Waals surface area contributed by atoms with Crippen LogP contribution in [0.25, 0.3) is 0 Å². The minimum Gasteiger partial charge on any atom is -0.338 e. The molecule has 126 valence electrons. The van der Waals surface area contributed by atoms with Gasteiger partial charge in [-0.2, -0.15) is 0 Å². The molecule has 0 aromatic heterocycles. The van der Waals surface area contributed by atoms with E-state index in [1.54, 1.807) is 0 Å². The van der Waals surface area contributed by atoms with Crippen LogP contribution < -0.4 is 5.73 Å². The molecule has 0 saturated carbocycles. The lowest BCUT2D eigenvalue weighted by molar-refractivity contribution is -0.143. The van der Waals surface area contributed by atoms with Crippen LogP contribution in [0, 0.1) is 0 Å². The molecule has 0 bridgehead atoms. The Morgan fingerprint density at radius 1 is 1.00 bits per heavy atom. The number of nitrogens with two attached hydrogens (primary N) is 1. The molecule has 6 heteroatoms. The van der Waals surface area contributed by atoms with Gasteiger partial charge in [-0.15, -0.1) is 0 Å². The van der Waals surface area contributed by atoms with E-state index in [-0.39, 0.29) is 11.8 Å². The van der Waals surface area contributed by atoms with E-state index in [0.29, 0.717) is 39.1 Å². The number of hydrogen-bond acceptors (Lipinski definition) is 4. The average molecular weight is 310 g/mol. The Bertz CT molecular complexity index is 397. The van der Waals surface area contributed by atoms with E-state index < -0.39 is 5.54 Å². The first-order valence-corrected chi connectivity index (χ1v) is 8.52. The molecule has 1 atom stereocenters. The molecule has 2 aliphatic rings. The van der Waals surface area contributed by atoms with Crippen LogP contribution in [-0.2, 0) is 9.59 Å². The number of rotatable bonds is 5. The van der Waals surface area contributed by atoms with Gasteiger partial charge in [-0.3, -0.25) is 14.5 Å². The molecular weight excluding hydrogens is 280 g/mol. The molecular formula is C16H30N4O2. The predicted molar refractivity (Wildman–Crippen MR) is 86.3 cm³/mol. The van der Waals surface area contributed by atoms with Crippen LogP contribution in [0.2, 0.25) is 0 Å². The lowest BCUT2D eigenvalue weighted by Gasteiger charge is -2.38. The van der Waals surface area contributed by atoms with Crippen LogP contribution in [0.3, 0.4) is 0 Å². The van der Waals surface area contributed by atoms with Crippen LogP contribution in [0.4, 0.5) is 0 Å². The number of likely N-dealkylation sites (tertiary alicyclic amines) is 1. The first-order valence-electron chi connectivity index (χ1n) is 8.52. The zero-order valence-electron chi connectivity index (χ0n) is 14.0. The van der Waals surface area contributed by atoms with Gasteiger partial charge in [0.2, 0.25) is 11.8 Å². The van der Waals surface area contributed by atoms with Crippen molar-refractivity contribution >= 4 is 11.8 Å². The molecule has 22 heavy (non-hydrogen) atoms. The van der Waals surface area contributed by atoms with Gasteiger partial charge >= 0.3 is 0 Å². The van der Waals surface area contributed by atoms with E-state index in [4.69, 9.17) is 5.73 Å². The van der Waals surface area contributed by atoms with E-state index in [0.717, 1.165) is 19.5 Å². The maximum atomic E-state index is 12.5. The minimum atomic E-state index is -0.781. The van der Waals surface area contributed by atoms with E-state index in [2.05, 4.69) is 4.90 Å². The summed E-state index contributed by atoms with van der Waals surface area (Å²) in [6, 6.07) is 0. The largest absolute Gasteiger partial charge is 0.338 e. The van der Waals surface area contributed by atoms with Crippen LogP contribution in [0.15, 0.2) is 0 Å². The molecule has 2 amide bonds. The summed E-state index contributed by atoms with van der Waals surface area (Å²) in [5, 5.41) is 0. The van der Waals surface area contributed by atoms with Crippen molar-refractivity contribution in [1.29, 1.82) is 0 Å². The predicted octanol–water partition coefficient (Wildman–Crippen LogP) is 0.271. The Labute approximate surface area is 133 Å². The highest BCUT2D eigenvalue weighted by atomic mass is 16.2. The zero-order valence-corrected chi connectivity index (χ0v) is 14.0. The first-order chi connectivity index (χ1) is 10.4. The molecule has 6 nitrogen and oxygen atoms in total. The fourth-order valence-electron chi connectivity index (χ4n) is 3.38. The summed E-state index contributed by atoms with van der Waals surface area (Å²) < 4.78 is 0. The molecule has 0 aromatic carbocycles. The van der Waals surface area contributed by atoms with Gasteiger partial charge in [0.25, 0.3) is 0 Å². The number of amides is 2. The van der Waals surface area contributed by atoms with Gasteiger partial charge in [0, 0.05) is 26.2 Å².